The third-order valence-corrected chi connectivity index (χ3v) is 2.91. The SMILES string of the molecule is CC(C)(O)CCNc1cc(Cl)ccc1Br. The predicted octanol–water partition coefficient (Wildman–Crippen LogP) is 3.68. The number of aliphatic hydroxyl groups is 1. The molecule has 0 fully saturated rings. The summed E-state index contributed by atoms with van der Waals surface area (Å²) in [6.07, 6.45) is 0.686. The van der Waals surface area contributed by atoms with Gasteiger partial charge >= 0.3 is 0 Å². The van der Waals surface area contributed by atoms with Gasteiger partial charge < -0.3 is 10.4 Å². The maximum Gasteiger partial charge on any atom is 0.0608 e. The molecule has 0 saturated carbocycles. The van der Waals surface area contributed by atoms with Gasteiger partial charge in [-0.1, -0.05) is 11.6 Å². The van der Waals surface area contributed by atoms with Crippen LogP contribution in [0.4, 0.5) is 5.69 Å². The zero-order valence-corrected chi connectivity index (χ0v) is 11.2. The van der Waals surface area contributed by atoms with Crippen LogP contribution in [0.15, 0.2) is 22.7 Å². The van der Waals surface area contributed by atoms with E-state index in [9.17, 15) is 5.11 Å². The minimum atomic E-state index is -0.641. The summed E-state index contributed by atoms with van der Waals surface area (Å²) in [6, 6.07) is 5.58. The van der Waals surface area contributed by atoms with Crippen molar-refractivity contribution < 1.29 is 5.11 Å². The molecule has 0 aliphatic carbocycles. The van der Waals surface area contributed by atoms with E-state index in [0.29, 0.717) is 18.0 Å². The molecule has 0 aliphatic heterocycles. The molecule has 1 aromatic rings. The minimum Gasteiger partial charge on any atom is -0.390 e. The lowest BCUT2D eigenvalue weighted by Gasteiger charge is -2.18. The Balaban J connectivity index is 2.54. The number of rotatable bonds is 4. The molecule has 0 radical (unpaired) electrons. The van der Waals surface area contributed by atoms with E-state index in [4.69, 9.17) is 11.6 Å². The van der Waals surface area contributed by atoms with Crippen LogP contribution in [-0.2, 0) is 0 Å². The van der Waals surface area contributed by atoms with Gasteiger partial charge in [0.25, 0.3) is 0 Å². The Bertz CT molecular complexity index is 336. The van der Waals surface area contributed by atoms with Gasteiger partial charge in [0.15, 0.2) is 0 Å². The van der Waals surface area contributed by atoms with Crippen LogP contribution in [0.25, 0.3) is 0 Å². The van der Waals surface area contributed by atoms with Gasteiger partial charge in [-0.2, -0.15) is 0 Å². The molecule has 2 N–H and O–H groups in total. The summed E-state index contributed by atoms with van der Waals surface area (Å²) < 4.78 is 0.975. The monoisotopic (exact) mass is 291 g/mol. The van der Waals surface area contributed by atoms with Crippen molar-refractivity contribution in [3.8, 4) is 0 Å². The average molecular weight is 293 g/mol. The predicted molar refractivity (Wildman–Crippen MR) is 68.6 cm³/mol. The lowest BCUT2D eigenvalue weighted by atomic mass is 10.1. The Kier molecular flexibility index (Phi) is 4.44. The van der Waals surface area contributed by atoms with Crippen molar-refractivity contribution in [1.29, 1.82) is 0 Å². The van der Waals surface area contributed by atoms with Gasteiger partial charge in [-0.05, 0) is 54.4 Å². The van der Waals surface area contributed by atoms with E-state index in [-0.39, 0.29) is 0 Å². The van der Waals surface area contributed by atoms with Crippen molar-refractivity contribution in [2.75, 3.05) is 11.9 Å². The van der Waals surface area contributed by atoms with Crippen LogP contribution in [-0.4, -0.2) is 17.3 Å². The van der Waals surface area contributed by atoms with Crippen molar-refractivity contribution in [2.45, 2.75) is 25.9 Å². The first-order valence-corrected chi connectivity index (χ1v) is 5.97. The van der Waals surface area contributed by atoms with Crippen LogP contribution in [0.1, 0.15) is 20.3 Å². The van der Waals surface area contributed by atoms with Gasteiger partial charge in [-0.3, -0.25) is 0 Å². The highest BCUT2D eigenvalue weighted by atomic mass is 79.9. The fraction of sp³-hybridized carbons (Fsp3) is 0.455. The first kappa shape index (κ1) is 12.8. The first-order valence-electron chi connectivity index (χ1n) is 4.80. The van der Waals surface area contributed by atoms with E-state index in [1.165, 1.54) is 0 Å². The molecular weight excluding hydrogens is 277 g/mol. The molecule has 4 heteroatoms. The van der Waals surface area contributed by atoms with E-state index in [2.05, 4.69) is 21.2 Å². The van der Waals surface area contributed by atoms with Crippen LogP contribution in [0.5, 0.6) is 0 Å². The molecule has 0 spiro atoms. The van der Waals surface area contributed by atoms with E-state index in [1.807, 2.05) is 18.2 Å². The van der Waals surface area contributed by atoms with Crippen molar-refractivity contribution in [2.24, 2.45) is 0 Å². The zero-order valence-electron chi connectivity index (χ0n) is 8.85. The Morgan fingerprint density at radius 1 is 1.47 bits per heavy atom. The number of anilines is 1. The van der Waals surface area contributed by atoms with E-state index in [0.717, 1.165) is 10.2 Å². The summed E-state index contributed by atoms with van der Waals surface area (Å²) in [5.41, 5.74) is 0.310. The molecule has 0 atom stereocenters. The van der Waals surface area contributed by atoms with Crippen LogP contribution in [0.2, 0.25) is 5.02 Å². The standard InChI is InChI=1S/C11H15BrClNO/c1-11(2,15)5-6-14-10-7-8(13)3-4-9(10)12/h3-4,7,14-15H,5-6H2,1-2H3. The van der Waals surface area contributed by atoms with Crippen LogP contribution >= 0.6 is 27.5 Å². The first-order chi connectivity index (χ1) is 6.88. The molecule has 0 aliphatic rings. The topological polar surface area (TPSA) is 32.3 Å². The average Bonchev–Trinajstić information content (AvgIpc) is 2.09. The summed E-state index contributed by atoms with van der Waals surface area (Å²) >= 11 is 9.30. The highest BCUT2D eigenvalue weighted by molar-refractivity contribution is 9.10. The van der Waals surface area contributed by atoms with Gasteiger partial charge in [0.2, 0.25) is 0 Å². The minimum absolute atomic E-state index is 0.641. The summed E-state index contributed by atoms with van der Waals surface area (Å²) in [4.78, 5) is 0. The van der Waals surface area contributed by atoms with Gasteiger partial charge in [-0.15, -0.1) is 0 Å². The zero-order chi connectivity index (χ0) is 11.5. The molecule has 1 rings (SSSR count). The summed E-state index contributed by atoms with van der Waals surface area (Å²) in [7, 11) is 0. The molecule has 0 bridgehead atoms. The Hall–Kier alpha value is -0.250. The second kappa shape index (κ2) is 5.19. The van der Waals surface area contributed by atoms with Crippen LogP contribution in [0, 0.1) is 0 Å². The number of hydrogen-bond acceptors (Lipinski definition) is 2. The molecule has 0 amide bonds. The normalized spacial score (nSPS) is 11.5. The van der Waals surface area contributed by atoms with Gasteiger partial charge in [0, 0.05) is 21.7 Å². The number of halogens is 2. The summed E-state index contributed by atoms with van der Waals surface area (Å²) in [5.74, 6) is 0. The molecule has 0 heterocycles. The largest absolute Gasteiger partial charge is 0.390 e. The summed E-state index contributed by atoms with van der Waals surface area (Å²) in [5, 5.41) is 13.5. The third-order valence-electron chi connectivity index (χ3n) is 1.98. The molecule has 2 nitrogen and oxygen atoms in total. The molecule has 15 heavy (non-hydrogen) atoms. The fourth-order valence-corrected chi connectivity index (χ4v) is 1.69. The van der Waals surface area contributed by atoms with Crippen molar-refractivity contribution in [1.82, 2.24) is 0 Å². The van der Waals surface area contributed by atoms with Crippen molar-refractivity contribution >= 4 is 33.2 Å². The molecule has 0 saturated heterocycles. The lowest BCUT2D eigenvalue weighted by molar-refractivity contribution is 0.0749. The molecule has 0 unspecified atom stereocenters. The summed E-state index contributed by atoms with van der Waals surface area (Å²) in [6.45, 7) is 4.30. The number of benzene rings is 1. The lowest BCUT2D eigenvalue weighted by Crippen LogP contribution is -2.22. The van der Waals surface area contributed by atoms with Gasteiger partial charge in [-0.25, -0.2) is 0 Å². The van der Waals surface area contributed by atoms with E-state index in [1.54, 1.807) is 13.8 Å². The van der Waals surface area contributed by atoms with Gasteiger partial charge in [0.1, 0.15) is 0 Å². The second-order valence-corrected chi connectivity index (χ2v) is 5.40. The second-order valence-electron chi connectivity index (χ2n) is 4.11. The fourth-order valence-electron chi connectivity index (χ4n) is 1.14. The Labute approximate surface area is 104 Å². The maximum atomic E-state index is 9.54. The van der Waals surface area contributed by atoms with E-state index < -0.39 is 5.60 Å². The Morgan fingerprint density at radius 3 is 2.73 bits per heavy atom. The molecular formula is C11H15BrClNO. The van der Waals surface area contributed by atoms with Crippen molar-refractivity contribution in [3.05, 3.63) is 27.7 Å². The third kappa shape index (κ3) is 4.87. The van der Waals surface area contributed by atoms with Crippen LogP contribution < -0.4 is 5.32 Å². The number of nitrogens with one attached hydrogen (secondary N) is 1. The van der Waals surface area contributed by atoms with Gasteiger partial charge in [0.05, 0.1) is 5.60 Å². The molecule has 84 valence electrons. The Morgan fingerprint density at radius 2 is 2.13 bits per heavy atom. The maximum absolute atomic E-state index is 9.54. The van der Waals surface area contributed by atoms with E-state index >= 15 is 0 Å². The number of hydrogen-bond donors (Lipinski definition) is 2. The molecule has 0 aromatic heterocycles. The quantitative estimate of drug-likeness (QED) is 0.887. The van der Waals surface area contributed by atoms with Crippen molar-refractivity contribution in [3.63, 3.8) is 0 Å². The highest BCUT2D eigenvalue weighted by Crippen LogP contribution is 2.26. The smallest absolute Gasteiger partial charge is 0.0608 e. The highest BCUT2D eigenvalue weighted by Gasteiger charge is 2.11. The molecule has 1 aromatic carbocycles. The van der Waals surface area contributed by atoms with Crippen LogP contribution in [0.3, 0.4) is 0 Å².